The highest BCUT2D eigenvalue weighted by Gasteiger charge is 2.11. The van der Waals surface area contributed by atoms with Crippen molar-refractivity contribution in [3.8, 4) is 11.4 Å². The Morgan fingerprint density at radius 3 is 2.81 bits per heavy atom. The Hall–Kier alpha value is -1.52. The summed E-state index contributed by atoms with van der Waals surface area (Å²) >= 11 is 6.15. The number of nitrogens with zero attached hydrogens (tertiary/aromatic N) is 2. The third kappa shape index (κ3) is 1.77. The van der Waals surface area contributed by atoms with Crippen molar-refractivity contribution in [1.82, 2.24) is 9.78 Å². The van der Waals surface area contributed by atoms with Crippen LogP contribution in [0.25, 0.3) is 5.69 Å². The van der Waals surface area contributed by atoms with Crippen LogP contribution < -0.4 is 10.5 Å². The van der Waals surface area contributed by atoms with Crippen LogP contribution in [0.5, 0.6) is 5.75 Å². The number of halogens is 1. The highest BCUT2D eigenvalue weighted by molar-refractivity contribution is 6.30. The predicted octanol–water partition coefficient (Wildman–Crippen LogP) is 1.99. The van der Waals surface area contributed by atoms with Gasteiger partial charge in [-0.2, -0.15) is 5.10 Å². The Labute approximate surface area is 98.6 Å². The lowest BCUT2D eigenvalue weighted by Gasteiger charge is -2.08. The molecule has 0 aliphatic heterocycles. The van der Waals surface area contributed by atoms with Crippen molar-refractivity contribution < 1.29 is 4.74 Å². The van der Waals surface area contributed by atoms with Gasteiger partial charge in [0.2, 0.25) is 0 Å². The summed E-state index contributed by atoms with van der Waals surface area (Å²) in [5, 5.41) is 4.71. The number of aromatic nitrogens is 2. The lowest BCUT2D eigenvalue weighted by atomic mass is 10.3. The average Bonchev–Trinajstić information content (AvgIpc) is 2.70. The first-order valence-electron chi connectivity index (χ1n) is 4.83. The van der Waals surface area contributed by atoms with E-state index < -0.39 is 0 Å². The van der Waals surface area contributed by atoms with Crippen LogP contribution in [0.2, 0.25) is 5.15 Å². The molecule has 0 saturated heterocycles. The molecule has 1 aromatic heterocycles. The summed E-state index contributed by atoms with van der Waals surface area (Å²) in [4.78, 5) is 0. The van der Waals surface area contributed by atoms with Gasteiger partial charge in [0.15, 0.2) is 0 Å². The van der Waals surface area contributed by atoms with Gasteiger partial charge in [-0.15, -0.1) is 0 Å². The molecule has 0 spiro atoms. The minimum Gasteiger partial charge on any atom is -0.494 e. The second-order valence-electron chi connectivity index (χ2n) is 3.25. The molecule has 0 aliphatic rings. The monoisotopic (exact) mass is 237 g/mol. The molecular formula is C11H12ClN3O. The number of hydrogen-bond acceptors (Lipinski definition) is 3. The molecule has 0 aliphatic carbocycles. The van der Waals surface area contributed by atoms with Crippen LogP contribution in [-0.4, -0.2) is 16.9 Å². The van der Waals surface area contributed by atoms with Gasteiger partial charge in [0.25, 0.3) is 0 Å². The molecule has 0 atom stereocenters. The van der Waals surface area contributed by atoms with Crippen molar-refractivity contribution in [3.63, 3.8) is 0 Å². The van der Waals surface area contributed by atoms with Crippen molar-refractivity contribution in [2.75, 3.05) is 7.11 Å². The number of ether oxygens (including phenoxy) is 1. The van der Waals surface area contributed by atoms with Crippen LogP contribution in [0.4, 0.5) is 0 Å². The summed E-state index contributed by atoms with van der Waals surface area (Å²) in [5.74, 6) is 0.719. The van der Waals surface area contributed by atoms with Crippen LogP contribution in [-0.2, 0) is 6.54 Å². The highest BCUT2D eigenvalue weighted by atomic mass is 35.5. The molecule has 5 heteroatoms. The van der Waals surface area contributed by atoms with E-state index in [4.69, 9.17) is 22.1 Å². The molecule has 0 radical (unpaired) electrons. The number of methoxy groups -OCH3 is 1. The Balaban J connectivity index is 2.54. The fourth-order valence-corrected chi connectivity index (χ4v) is 1.74. The standard InChI is InChI=1S/C11H12ClN3O/c1-16-10-5-3-2-4-9(10)15-11(12)8(6-13)7-14-15/h2-5,7H,6,13H2,1H3. The van der Waals surface area contributed by atoms with Crippen molar-refractivity contribution in [2.45, 2.75) is 6.54 Å². The van der Waals surface area contributed by atoms with E-state index in [9.17, 15) is 0 Å². The van der Waals surface area contributed by atoms with Crippen molar-refractivity contribution >= 4 is 11.6 Å². The number of benzene rings is 1. The Bertz CT molecular complexity index is 496. The molecule has 1 aromatic carbocycles. The molecule has 0 bridgehead atoms. The van der Waals surface area contributed by atoms with E-state index in [1.54, 1.807) is 18.0 Å². The third-order valence-corrected chi connectivity index (χ3v) is 2.72. The molecule has 0 unspecified atom stereocenters. The first-order valence-corrected chi connectivity index (χ1v) is 5.21. The average molecular weight is 238 g/mol. The quantitative estimate of drug-likeness (QED) is 0.888. The van der Waals surface area contributed by atoms with Crippen molar-refractivity contribution in [2.24, 2.45) is 5.73 Å². The lowest BCUT2D eigenvalue weighted by Crippen LogP contribution is -2.01. The second kappa shape index (κ2) is 4.55. The molecule has 2 rings (SSSR count). The first kappa shape index (κ1) is 11.0. The van der Waals surface area contributed by atoms with E-state index in [0.29, 0.717) is 11.7 Å². The third-order valence-electron chi connectivity index (χ3n) is 2.31. The molecule has 0 fully saturated rings. The zero-order valence-electron chi connectivity index (χ0n) is 8.85. The summed E-state index contributed by atoms with van der Waals surface area (Å²) in [6.07, 6.45) is 1.66. The molecule has 0 saturated carbocycles. The fraction of sp³-hybridized carbons (Fsp3) is 0.182. The topological polar surface area (TPSA) is 53.1 Å². The summed E-state index contributed by atoms with van der Waals surface area (Å²) in [7, 11) is 1.61. The normalized spacial score (nSPS) is 10.4. The van der Waals surface area contributed by atoms with Crippen molar-refractivity contribution in [1.29, 1.82) is 0 Å². The van der Waals surface area contributed by atoms with Gasteiger partial charge in [-0.3, -0.25) is 0 Å². The molecule has 0 amide bonds. The number of nitrogens with two attached hydrogens (primary N) is 1. The maximum absolute atomic E-state index is 6.15. The summed E-state index contributed by atoms with van der Waals surface area (Å²) in [6, 6.07) is 7.54. The molecule has 2 aromatic rings. The molecular weight excluding hydrogens is 226 g/mol. The molecule has 1 heterocycles. The van der Waals surface area contributed by atoms with Crippen LogP contribution >= 0.6 is 11.6 Å². The van der Waals surface area contributed by atoms with Gasteiger partial charge in [0.05, 0.1) is 13.3 Å². The van der Waals surface area contributed by atoms with E-state index in [-0.39, 0.29) is 0 Å². The minimum atomic E-state index is 0.369. The largest absolute Gasteiger partial charge is 0.494 e. The minimum absolute atomic E-state index is 0.369. The number of para-hydroxylation sites is 2. The SMILES string of the molecule is COc1ccccc1-n1ncc(CN)c1Cl. The van der Waals surface area contributed by atoms with Gasteiger partial charge in [-0.1, -0.05) is 23.7 Å². The Kier molecular flexibility index (Phi) is 3.12. The first-order chi connectivity index (χ1) is 7.77. The van der Waals surface area contributed by atoms with E-state index in [1.165, 1.54) is 0 Å². The van der Waals surface area contributed by atoms with Crippen LogP contribution in [0, 0.1) is 0 Å². The van der Waals surface area contributed by atoms with Gasteiger partial charge in [0.1, 0.15) is 16.6 Å². The maximum atomic E-state index is 6.15. The highest BCUT2D eigenvalue weighted by Crippen LogP contribution is 2.26. The van der Waals surface area contributed by atoms with Gasteiger partial charge in [-0.25, -0.2) is 4.68 Å². The molecule has 84 valence electrons. The maximum Gasteiger partial charge on any atom is 0.144 e. The van der Waals surface area contributed by atoms with E-state index in [0.717, 1.165) is 17.0 Å². The van der Waals surface area contributed by atoms with Gasteiger partial charge in [-0.05, 0) is 12.1 Å². The Morgan fingerprint density at radius 1 is 1.44 bits per heavy atom. The Morgan fingerprint density at radius 2 is 2.19 bits per heavy atom. The molecule has 16 heavy (non-hydrogen) atoms. The smallest absolute Gasteiger partial charge is 0.144 e. The fourth-order valence-electron chi connectivity index (χ4n) is 1.48. The zero-order valence-corrected chi connectivity index (χ0v) is 9.61. The summed E-state index contributed by atoms with van der Waals surface area (Å²) in [6.45, 7) is 0.369. The van der Waals surface area contributed by atoms with Crippen LogP contribution in [0.15, 0.2) is 30.5 Å². The summed E-state index contributed by atoms with van der Waals surface area (Å²) in [5.41, 5.74) is 7.16. The zero-order chi connectivity index (χ0) is 11.5. The summed E-state index contributed by atoms with van der Waals surface area (Å²) < 4.78 is 6.86. The van der Waals surface area contributed by atoms with E-state index in [1.807, 2.05) is 24.3 Å². The van der Waals surface area contributed by atoms with Crippen LogP contribution in [0.1, 0.15) is 5.56 Å². The molecule has 4 nitrogen and oxygen atoms in total. The van der Waals surface area contributed by atoms with Gasteiger partial charge < -0.3 is 10.5 Å². The number of hydrogen-bond donors (Lipinski definition) is 1. The van der Waals surface area contributed by atoms with Gasteiger partial charge in [0, 0.05) is 12.1 Å². The predicted molar refractivity (Wildman–Crippen MR) is 63.0 cm³/mol. The number of rotatable bonds is 3. The second-order valence-corrected chi connectivity index (χ2v) is 3.61. The van der Waals surface area contributed by atoms with Gasteiger partial charge >= 0.3 is 0 Å². The molecule has 2 N–H and O–H groups in total. The van der Waals surface area contributed by atoms with Crippen LogP contribution in [0.3, 0.4) is 0 Å². The van der Waals surface area contributed by atoms with E-state index in [2.05, 4.69) is 5.10 Å². The van der Waals surface area contributed by atoms with E-state index >= 15 is 0 Å². The lowest BCUT2D eigenvalue weighted by molar-refractivity contribution is 0.411. The van der Waals surface area contributed by atoms with Crippen molar-refractivity contribution in [3.05, 3.63) is 41.2 Å².